The Morgan fingerprint density at radius 2 is 2.00 bits per heavy atom. The van der Waals surface area contributed by atoms with Crippen molar-refractivity contribution in [1.82, 2.24) is 5.32 Å². The Hall–Kier alpha value is -2.56. The van der Waals surface area contributed by atoms with Crippen molar-refractivity contribution in [2.24, 2.45) is 0 Å². The summed E-state index contributed by atoms with van der Waals surface area (Å²) in [5, 5.41) is 5.70. The fourth-order valence-electron chi connectivity index (χ4n) is 2.82. The van der Waals surface area contributed by atoms with E-state index in [0.717, 1.165) is 19.5 Å². The second-order valence-corrected chi connectivity index (χ2v) is 5.88. The molecular weight excluding hydrogens is 293 g/mol. The van der Waals surface area contributed by atoms with Crippen molar-refractivity contribution in [3.05, 3.63) is 59.9 Å². The maximum atomic E-state index is 12.9. The first-order valence-corrected chi connectivity index (χ1v) is 7.75. The number of anilines is 2. The molecule has 0 radical (unpaired) electrons. The highest BCUT2D eigenvalue weighted by Gasteiger charge is 2.24. The van der Waals surface area contributed by atoms with Gasteiger partial charge in [-0.05, 0) is 55.3 Å². The van der Waals surface area contributed by atoms with Gasteiger partial charge in [-0.2, -0.15) is 0 Å². The summed E-state index contributed by atoms with van der Waals surface area (Å²) < 4.78 is 12.9. The van der Waals surface area contributed by atoms with Crippen molar-refractivity contribution >= 4 is 17.4 Å². The highest BCUT2D eigenvalue weighted by molar-refractivity contribution is 5.89. The van der Waals surface area contributed by atoms with Gasteiger partial charge in [0, 0.05) is 30.5 Å². The number of urea groups is 1. The molecular formula is C18H20FN3O. The molecule has 0 saturated carbocycles. The summed E-state index contributed by atoms with van der Waals surface area (Å²) in [7, 11) is 0. The lowest BCUT2D eigenvalue weighted by Gasteiger charge is -2.19. The van der Waals surface area contributed by atoms with Gasteiger partial charge in [-0.25, -0.2) is 9.18 Å². The van der Waals surface area contributed by atoms with Gasteiger partial charge in [0.2, 0.25) is 0 Å². The first kappa shape index (κ1) is 15.3. The summed E-state index contributed by atoms with van der Waals surface area (Å²) in [6, 6.07) is 14.0. The molecule has 1 aliphatic heterocycles. The zero-order chi connectivity index (χ0) is 16.2. The number of carbonyl (C=O) groups is 1. The smallest absolute Gasteiger partial charge is 0.319 e. The molecule has 0 aromatic heterocycles. The zero-order valence-electron chi connectivity index (χ0n) is 13.1. The largest absolute Gasteiger partial charge is 0.369 e. The third-order valence-electron chi connectivity index (χ3n) is 3.99. The van der Waals surface area contributed by atoms with Crippen LogP contribution in [0, 0.1) is 12.7 Å². The van der Waals surface area contributed by atoms with E-state index in [2.05, 4.69) is 40.7 Å². The predicted molar refractivity (Wildman–Crippen MR) is 90.4 cm³/mol. The number of carbonyl (C=O) groups excluding carboxylic acids is 1. The standard InChI is InChI=1S/C18H20FN3O/c1-13-3-2-4-17(11-13)22-10-9-16(12-22)21-18(23)20-15-7-5-14(19)6-8-15/h2-8,11,16H,9-10,12H2,1H3,(H2,20,21,23). The quantitative estimate of drug-likeness (QED) is 0.910. The third-order valence-corrected chi connectivity index (χ3v) is 3.99. The summed E-state index contributed by atoms with van der Waals surface area (Å²) in [5.41, 5.74) is 3.00. The number of amides is 2. The minimum absolute atomic E-state index is 0.107. The molecule has 2 aromatic carbocycles. The molecule has 1 aliphatic rings. The molecule has 1 atom stereocenters. The van der Waals surface area contributed by atoms with E-state index < -0.39 is 0 Å². The van der Waals surface area contributed by atoms with Crippen LogP contribution in [-0.4, -0.2) is 25.2 Å². The molecule has 0 aliphatic carbocycles. The monoisotopic (exact) mass is 313 g/mol. The number of benzene rings is 2. The van der Waals surface area contributed by atoms with Crippen LogP contribution in [0.5, 0.6) is 0 Å². The Balaban J connectivity index is 1.53. The molecule has 1 fully saturated rings. The van der Waals surface area contributed by atoms with Gasteiger partial charge >= 0.3 is 6.03 Å². The molecule has 23 heavy (non-hydrogen) atoms. The first-order chi connectivity index (χ1) is 11.1. The molecule has 4 nitrogen and oxygen atoms in total. The molecule has 120 valence electrons. The van der Waals surface area contributed by atoms with E-state index in [-0.39, 0.29) is 17.9 Å². The van der Waals surface area contributed by atoms with Crippen LogP contribution < -0.4 is 15.5 Å². The summed E-state index contributed by atoms with van der Waals surface area (Å²) in [6.07, 6.45) is 0.908. The van der Waals surface area contributed by atoms with Crippen molar-refractivity contribution in [2.45, 2.75) is 19.4 Å². The predicted octanol–water partition coefficient (Wildman–Crippen LogP) is 3.53. The topological polar surface area (TPSA) is 44.4 Å². The Morgan fingerprint density at radius 1 is 1.22 bits per heavy atom. The highest BCUT2D eigenvalue weighted by atomic mass is 19.1. The number of hydrogen-bond acceptors (Lipinski definition) is 2. The molecule has 2 amide bonds. The van der Waals surface area contributed by atoms with Crippen LogP contribution in [0.25, 0.3) is 0 Å². The Bertz CT molecular complexity index is 687. The van der Waals surface area contributed by atoms with Gasteiger partial charge in [0.25, 0.3) is 0 Å². The molecule has 1 unspecified atom stereocenters. The summed E-state index contributed by atoms with van der Waals surface area (Å²) in [5.74, 6) is -0.319. The van der Waals surface area contributed by atoms with Gasteiger partial charge in [0.05, 0.1) is 0 Å². The summed E-state index contributed by atoms with van der Waals surface area (Å²) in [4.78, 5) is 14.3. The maximum Gasteiger partial charge on any atom is 0.319 e. The average molecular weight is 313 g/mol. The number of halogens is 1. The van der Waals surface area contributed by atoms with Gasteiger partial charge < -0.3 is 15.5 Å². The minimum atomic E-state index is -0.319. The van der Waals surface area contributed by atoms with E-state index in [4.69, 9.17) is 0 Å². The molecule has 5 heteroatoms. The van der Waals surface area contributed by atoms with Crippen LogP contribution in [0.2, 0.25) is 0 Å². The Morgan fingerprint density at radius 3 is 2.74 bits per heavy atom. The lowest BCUT2D eigenvalue weighted by molar-refractivity contribution is 0.249. The van der Waals surface area contributed by atoms with Crippen LogP contribution >= 0.6 is 0 Å². The molecule has 1 saturated heterocycles. The van der Waals surface area contributed by atoms with E-state index >= 15 is 0 Å². The number of rotatable bonds is 3. The zero-order valence-corrected chi connectivity index (χ0v) is 13.1. The van der Waals surface area contributed by atoms with Gasteiger partial charge in [-0.3, -0.25) is 0 Å². The van der Waals surface area contributed by atoms with Gasteiger partial charge in [-0.15, -0.1) is 0 Å². The number of hydrogen-bond donors (Lipinski definition) is 2. The SMILES string of the molecule is Cc1cccc(N2CCC(NC(=O)Nc3ccc(F)cc3)C2)c1. The lowest BCUT2D eigenvalue weighted by atomic mass is 10.2. The van der Waals surface area contributed by atoms with Crippen LogP contribution in [-0.2, 0) is 0 Å². The van der Waals surface area contributed by atoms with Crippen molar-refractivity contribution in [1.29, 1.82) is 0 Å². The number of nitrogens with zero attached hydrogens (tertiary/aromatic N) is 1. The fourth-order valence-corrected chi connectivity index (χ4v) is 2.82. The molecule has 0 spiro atoms. The minimum Gasteiger partial charge on any atom is -0.369 e. The summed E-state index contributed by atoms with van der Waals surface area (Å²) in [6.45, 7) is 3.79. The third kappa shape index (κ3) is 4.00. The van der Waals surface area contributed by atoms with E-state index in [1.807, 2.05) is 6.07 Å². The van der Waals surface area contributed by atoms with Crippen LogP contribution in [0.15, 0.2) is 48.5 Å². The lowest BCUT2D eigenvalue weighted by Crippen LogP contribution is -2.39. The molecule has 1 heterocycles. The van der Waals surface area contributed by atoms with E-state index in [1.54, 1.807) is 12.1 Å². The van der Waals surface area contributed by atoms with Crippen molar-refractivity contribution < 1.29 is 9.18 Å². The summed E-state index contributed by atoms with van der Waals surface area (Å²) >= 11 is 0. The molecule has 2 N–H and O–H groups in total. The Kier molecular flexibility index (Phi) is 4.46. The molecule has 2 aromatic rings. The van der Waals surface area contributed by atoms with Crippen molar-refractivity contribution in [3.8, 4) is 0 Å². The van der Waals surface area contributed by atoms with Crippen molar-refractivity contribution in [3.63, 3.8) is 0 Å². The van der Waals surface area contributed by atoms with Crippen molar-refractivity contribution in [2.75, 3.05) is 23.3 Å². The Labute approximate surface area is 135 Å². The second-order valence-electron chi connectivity index (χ2n) is 5.88. The molecule has 0 bridgehead atoms. The van der Waals surface area contributed by atoms with Crippen LogP contribution in [0.1, 0.15) is 12.0 Å². The van der Waals surface area contributed by atoms with E-state index in [0.29, 0.717) is 5.69 Å². The van der Waals surface area contributed by atoms with Crippen LogP contribution in [0.4, 0.5) is 20.6 Å². The number of nitrogens with one attached hydrogen (secondary N) is 2. The van der Waals surface area contributed by atoms with Crippen LogP contribution in [0.3, 0.4) is 0 Å². The average Bonchev–Trinajstić information content (AvgIpc) is 2.98. The fraction of sp³-hybridized carbons (Fsp3) is 0.278. The highest BCUT2D eigenvalue weighted by Crippen LogP contribution is 2.21. The van der Waals surface area contributed by atoms with E-state index in [9.17, 15) is 9.18 Å². The van der Waals surface area contributed by atoms with Gasteiger partial charge in [0.15, 0.2) is 0 Å². The first-order valence-electron chi connectivity index (χ1n) is 7.75. The maximum absolute atomic E-state index is 12.9. The second kappa shape index (κ2) is 6.69. The number of aryl methyl sites for hydroxylation is 1. The van der Waals surface area contributed by atoms with Gasteiger partial charge in [0.1, 0.15) is 5.82 Å². The normalized spacial score (nSPS) is 17.1. The van der Waals surface area contributed by atoms with Gasteiger partial charge in [-0.1, -0.05) is 12.1 Å². The molecule has 3 rings (SSSR count). The van der Waals surface area contributed by atoms with E-state index in [1.165, 1.54) is 23.4 Å².